The van der Waals surface area contributed by atoms with Gasteiger partial charge in [0.05, 0.1) is 0 Å². The molecule has 0 spiro atoms. The molecule has 50 heavy (non-hydrogen) atoms. The Bertz CT molecular complexity index is 2810. The van der Waals surface area contributed by atoms with Gasteiger partial charge in [-0.25, -0.2) is 4.98 Å². The summed E-state index contributed by atoms with van der Waals surface area (Å²) in [6, 6.07) is 51.0. The Morgan fingerprint density at radius 2 is 1.32 bits per heavy atom. The molecule has 10 rings (SSSR count). The summed E-state index contributed by atoms with van der Waals surface area (Å²) in [5.41, 5.74) is 10.5. The van der Waals surface area contributed by atoms with Crippen molar-refractivity contribution in [3.63, 3.8) is 0 Å². The highest BCUT2D eigenvalue weighted by Crippen LogP contribution is 2.42. The van der Waals surface area contributed by atoms with Crippen molar-refractivity contribution >= 4 is 71.5 Å². The van der Waals surface area contributed by atoms with Crippen molar-refractivity contribution in [2.45, 2.75) is 13.3 Å². The number of hydrogen-bond donors (Lipinski definition) is 0. The molecule has 9 aromatic rings. The Morgan fingerprint density at radius 3 is 2.18 bits per heavy atom. The molecule has 0 saturated heterocycles. The van der Waals surface area contributed by atoms with E-state index in [-0.39, 0.29) is 0 Å². The summed E-state index contributed by atoms with van der Waals surface area (Å²) in [4.78, 5) is 7.24. The van der Waals surface area contributed by atoms with Crippen LogP contribution >= 0.6 is 0 Å². The first-order chi connectivity index (χ1) is 24.7. The van der Waals surface area contributed by atoms with Gasteiger partial charge in [-0.2, -0.15) is 0 Å². The standard InChI is InChI=1S/C46H32N2O2/c1-29-26-35(48(34-12-6-3-7-13-34)36-22-24-39-38-14-8-9-15-42(38)49-43(39)28-36)21-23-37(29)33-19-17-30-16-18-31-20-25-41-45(44(31)40(30)27-33)50-46(47-41)32-10-4-2-5-11-32/h2-25,27-29H,26H2,1H3. The molecule has 1 atom stereocenters. The average Bonchev–Trinajstić information content (AvgIpc) is 3.77. The molecule has 0 N–H and O–H groups in total. The molecular weight excluding hydrogens is 613 g/mol. The van der Waals surface area contributed by atoms with Crippen molar-refractivity contribution < 1.29 is 8.83 Å². The minimum Gasteiger partial charge on any atom is -0.456 e. The lowest BCUT2D eigenvalue weighted by atomic mass is 9.85. The molecule has 1 aliphatic carbocycles. The molecule has 2 heterocycles. The smallest absolute Gasteiger partial charge is 0.227 e. The zero-order valence-electron chi connectivity index (χ0n) is 27.5. The fraction of sp³-hybridized carbons (Fsp3) is 0.0652. The maximum Gasteiger partial charge on any atom is 0.227 e. The van der Waals surface area contributed by atoms with Crippen LogP contribution in [0.25, 0.3) is 71.6 Å². The first kappa shape index (κ1) is 28.6. The maximum absolute atomic E-state index is 6.50. The number of oxazole rings is 1. The van der Waals surface area contributed by atoms with Gasteiger partial charge in [0.15, 0.2) is 5.58 Å². The van der Waals surface area contributed by atoms with E-state index < -0.39 is 0 Å². The zero-order chi connectivity index (χ0) is 33.2. The first-order valence-electron chi connectivity index (χ1n) is 17.2. The number of benzene rings is 7. The molecule has 0 radical (unpaired) electrons. The second kappa shape index (κ2) is 11.4. The Hall–Kier alpha value is -6.39. The molecule has 1 aliphatic rings. The predicted molar refractivity (Wildman–Crippen MR) is 207 cm³/mol. The van der Waals surface area contributed by atoms with Gasteiger partial charge in [-0.15, -0.1) is 0 Å². The van der Waals surface area contributed by atoms with Crippen LogP contribution in [0.5, 0.6) is 0 Å². The van der Waals surface area contributed by atoms with E-state index in [2.05, 4.69) is 127 Å². The highest BCUT2D eigenvalue weighted by Gasteiger charge is 2.24. The second-order valence-electron chi connectivity index (χ2n) is 13.2. The van der Waals surface area contributed by atoms with Crippen molar-refractivity contribution in [1.82, 2.24) is 4.98 Å². The highest BCUT2D eigenvalue weighted by atomic mass is 16.3. The van der Waals surface area contributed by atoms with E-state index in [1.807, 2.05) is 42.5 Å². The molecule has 1 unspecified atom stereocenters. The Labute approximate surface area is 289 Å². The van der Waals surface area contributed by atoms with E-state index in [1.165, 1.54) is 27.6 Å². The number of furan rings is 1. The fourth-order valence-electron chi connectivity index (χ4n) is 7.71. The van der Waals surface area contributed by atoms with Gasteiger partial charge < -0.3 is 13.7 Å². The number of para-hydroxylation sites is 2. The average molecular weight is 645 g/mol. The summed E-state index contributed by atoms with van der Waals surface area (Å²) in [7, 11) is 0. The summed E-state index contributed by atoms with van der Waals surface area (Å²) in [5, 5.41) is 6.88. The van der Waals surface area contributed by atoms with Crippen molar-refractivity contribution in [3.8, 4) is 11.5 Å². The van der Waals surface area contributed by atoms with Crippen LogP contribution in [0.4, 0.5) is 11.4 Å². The predicted octanol–water partition coefficient (Wildman–Crippen LogP) is 12.8. The first-order valence-corrected chi connectivity index (χ1v) is 17.2. The summed E-state index contributed by atoms with van der Waals surface area (Å²) in [6.45, 7) is 2.33. The Kier molecular flexibility index (Phi) is 6.50. The number of hydrogen-bond acceptors (Lipinski definition) is 4. The summed E-state index contributed by atoms with van der Waals surface area (Å²) < 4.78 is 12.8. The van der Waals surface area contributed by atoms with Crippen LogP contribution in [0.1, 0.15) is 18.9 Å². The molecule has 0 fully saturated rings. The fourth-order valence-corrected chi connectivity index (χ4v) is 7.71. The summed E-state index contributed by atoms with van der Waals surface area (Å²) >= 11 is 0. The van der Waals surface area contributed by atoms with E-state index >= 15 is 0 Å². The molecular formula is C46H32N2O2. The van der Waals surface area contributed by atoms with Crippen LogP contribution in [-0.4, -0.2) is 4.98 Å². The number of allylic oxidation sites excluding steroid dienone is 4. The zero-order valence-corrected chi connectivity index (χ0v) is 27.5. The SMILES string of the molecule is CC1CC(N(c2ccccc2)c2ccc3c(c2)oc2ccccc23)=CC=C1c1ccc2ccc3ccc4nc(-c5ccccc5)oc4c3c2c1. The van der Waals surface area contributed by atoms with Crippen LogP contribution < -0.4 is 4.90 Å². The Morgan fingerprint density at radius 1 is 0.580 bits per heavy atom. The van der Waals surface area contributed by atoms with Gasteiger partial charge in [0.25, 0.3) is 0 Å². The van der Waals surface area contributed by atoms with E-state index in [0.29, 0.717) is 11.8 Å². The summed E-state index contributed by atoms with van der Waals surface area (Å²) in [6.07, 6.45) is 5.49. The Balaban J connectivity index is 1.08. The van der Waals surface area contributed by atoms with E-state index in [0.717, 1.165) is 67.2 Å². The van der Waals surface area contributed by atoms with E-state index in [9.17, 15) is 0 Å². The van der Waals surface area contributed by atoms with Gasteiger partial charge in [0.2, 0.25) is 5.89 Å². The molecule has 0 amide bonds. The van der Waals surface area contributed by atoms with Crippen LogP contribution in [0.3, 0.4) is 0 Å². The van der Waals surface area contributed by atoms with Gasteiger partial charge in [-0.1, -0.05) is 97.9 Å². The number of nitrogens with zero attached hydrogens (tertiary/aromatic N) is 2. The van der Waals surface area contributed by atoms with Gasteiger partial charge in [0.1, 0.15) is 16.7 Å². The van der Waals surface area contributed by atoms with Crippen molar-refractivity contribution in [2.75, 3.05) is 4.90 Å². The lowest BCUT2D eigenvalue weighted by Gasteiger charge is -2.32. The van der Waals surface area contributed by atoms with Crippen LogP contribution in [-0.2, 0) is 0 Å². The number of fused-ring (bicyclic) bond motifs is 8. The molecule has 7 aromatic carbocycles. The lowest BCUT2D eigenvalue weighted by Crippen LogP contribution is -2.20. The normalized spacial score (nSPS) is 14.9. The third-order valence-electron chi connectivity index (χ3n) is 10.1. The van der Waals surface area contributed by atoms with Crippen molar-refractivity contribution in [2.24, 2.45) is 5.92 Å². The molecule has 4 heteroatoms. The van der Waals surface area contributed by atoms with Crippen LogP contribution in [0, 0.1) is 5.92 Å². The topological polar surface area (TPSA) is 42.4 Å². The molecule has 0 aliphatic heterocycles. The van der Waals surface area contributed by atoms with E-state index in [4.69, 9.17) is 13.8 Å². The third-order valence-corrected chi connectivity index (χ3v) is 10.1. The van der Waals surface area contributed by atoms with Gasteiger partial charge in [-0.3, -0.25) is 0 Å². The molecule has 0 bridgehead atoms. The second-order valence-corrected chi connectivity index (χ2v) is 13.2. The lowest BCUT2D eigenvalue weighted by molar-refractivity contribution is 0.623. The largest absolute Gasteiger partial charge is 0.456 e. The van der Waals surface area contributed by atoms with Crippen molar-refractivity contribution in [3.05, 3.63) is 169 Å². The van der Waals surface area contributed by atoms with Gasteiger partial charge >= 0.3 is 0 Å². The van der Waals surface area contributed by atoms with Gasteiger partial charge in [0, 0.05) is 44.9 Å². The van der Waals surface area contributed by atoms with Crippen LogP contribution in [0.15, 0.2) is 172 Å². The number of aromatic nitrogens is 1. The minimum atomic E-state index is 0.290. The quantitative estimate of drug-likeness (QED) is 0.175. The monoisotopic (exact) mass is 644 g/mol. The van der Waals surface area contributed by atoms with Gasteiger partial charge in [-0.05, 0) is 100 Å². The highest BCUT2D eigenvalue weighted by molar-refractivity contribution is 6.18. The molecule has 2 aromatic heterocycles. The van der Waals surface area contributed by atoms with Crippen molar-refractivity contribution in [1.29, 1.82) is 0 Å². The molecule has 4 nitrogen and oxygen atoms in total. The maximum atomic E-state index is 6.50. The number of rotatable bonds is 5. The molecule has 0 saturated carbocycles. The third kappa shape index (κ3) is 4.64. The summed E-state index contributed by atoms with van der Waals surface area (Å²) in [5.74, 6) is 0.934. The number of anilines is 2. The minimum absolute atomic E-state index is 0.290. The van der Waals surface area contributed by atoms with Crippen LogP contribution in [0.2, 0.25) is 0 Å². The van der Waals surface area contributed by atoms with E-state index in [1.54, 1.807) is 0 Å². The molecule has 238 valence electrons.